The van der Waals surface area contributed by atoms with Crippen molar-refractivity contribution in [1.29, 1.82) is 0 Å². The zero-order valence-corrected chi connectivity index (χ0v) is 11.4. The van der Waals surface area contributed by atoms with E-state index in [1.54, 1.807) is 17.0 Å². The molecule has 1 atom stereocenters. The monoisotopic (exact) mass is 278 g/mol. The van der Waals surface area contributed by atoms with E-state index in [0.29, 0.717) is 6.54 Å². The lowest BCUT2D eigenvalue weighted by molar-refractivity contribution is -0.139. The number of benzene rings is 1. The van der Waals surface area contributed by atoms with Crippen molar-refractivity contribution in [3.8, 4) is 0 Å². The van der Waals surface area contributed by atoms with Crippen molar-refractivity contribution in [1.82, 2.24) is 5.32 Å². The molecule has 0 aliphatic carbocycles. The summed E-state index contributed by atoms with van der Waals surface area (Å²) in [6.45, 7) is 2.57. The van der Waals surface area contributed by atoms with Crippen molar-refractivity contribution in [3.63, 3.8) is 0 Å². The van der Waals surface area contributed by atoms with E-state index in [0.717, 1.165) is 38.0 Å². The highest BCUT2D eigenvalue weighted by Gasteiger charge is 2.40. The molecule has 0 aromatic heterocycles. The zero-order chi connectivity index (χ0) is 14.0. The predicted octanol–water partition coefficient (Wildman–Crippen LogP) is 1.70. The number of amides is 1. The molecule has 0 bridgehead atoms. The van der Waals surface area contributed by atoms with Crippen LogP contribution in [0.2, 0.25) is 0 Å². The third kappa shape index (κ3) is 2.69. The number of hydrogen-bond acceptors (Lipinski definition) is 3. The molecule has 1 aromatic rings. The fourth-order valence-corrected chi connectivity index (χ4v) is 2.98. The van der Waals surface area contributed by atoms with Gasteiger partial charge >= 0.3 is 0 Å². The first-order chi connectivity index (χ1) is 9.69. The Kier molecular flexibility index (Phi) is 3.72. The summed E-state index contributed by atoms with van der Waals surface area (Å²) in [6, 6.07) is 6.08. The standard InChI is InChI=1S/C15H19FN2O2/c16-12-2-4-13(5-3-12)18-11-15(20-10-14(18)19)6-1-8-17-9-7-15/h2-5,17H,1,6-11H2. The molecule has 1 amide bonds. The minimum Gasteiger partial charge on any atom is -0.363 e. The Labute approximate surface area is 117 Å². The van der Waals surface area contributed by atoms with Gasteiger partial charge in [-0.15, -0.1) is 0 Å². The summed E-state index contributed by atoms with van der Waals surface area (Å²) in [5, 5.41) is 3.36. The first-order valence-electron chi connectivity index (χ1n) is 7.09. The Bertz CT molecular complexity index is 481. The number of anilines is 1. The molecular weight excluding hydrogens is 259 g/mol. The maximum atomic E-state index is 13.0. The Morgan fingerprint density at radius 2 is 2.00 bits per heavy atom. The summed E-state index contributed by atoms with van der Waals surface area (Å²) < 4.78 is 18.9. The van der Waals surface area contributed by atoms with E-state index >= 15 is 0 Å². The van der Waals surface area contributed by atoms with E-state index in [1.165, 1.54) is 12.1 Å². The fourth-order valence-electron chi connectivity index (χ4n) is 2.98. The SMILES string of the molecule is O=C1COC2(CCCNCC2)CN1c1ccc(F)cc1. The van der Waals surface area contributed by atoms with Crippen LogP contribution >= 0.6 is 0 Å². The normalized spacial score (nSPS) is 27.6. The molecule has 0 radical (unpaired) electrons. The lowest BCUT2D eigenvalue weighted by Crippen LogP contribution is -2.55. The number of carbonyl (C=O) groups excluding carboxylic acids is 1. The first-order valence-corrected chi connectivity index (χ1v) is 7.09. The number of nitrogens with zero attached hydrogens (tertiary/aromatic N) is 1. The third-order valence-electron chi connectivity index (χ3n) is 4.13. The summed E-state index contributed by atoms with van der Waals surface area (Å²) in [6.07, 6.45) is 2.90. The van der Waals surface area contributed by atoms with Crippen LogP contribution in [0, 0.1) is 5.82 Å². The second-order valence-electron chi connectivity index (χ2n) is 5.53. The smallest absolute Gasteiger partial charge is 0.253 e. The summed E-state index contributed by atoms with van der Waals surface area (Å²) in [4.78, 5) is 13.8. The Hall–Kier alpha value is -1.46. The molecule has 1 unspecified atom stereocenters. The molecule has 1 N–H and O–H groups in total. The van der Waals surface area contributed by atoms with E-state index in [2.05, 4.69) is 5.32 Å². The van der Waals surface area contributed by atoms with Gasteiger partial charge < -0.3 is 15.0 Å². The predicted molar refractivity (Wildman–Crippen MR) is 74.2 cm³/mol. The number of nitrogens with one attached hydrogen (secondary N) is 1. The fraction of sp³-hybridized carbons (Fsp3) is 0.533. The van der Waals surface area contributed by atoms with Crippen LogP contribution < -0.4 is 10.2 Å². The first kappa shape index (κ1) is 13.5. The molecule has 1 aromatic carbocycles. The molecule has 3 rings (SSSR count). The number of hydrogen-bond donors (Lipinski definition) is 1. The summed E-state index contributed by atoms with van der Waals surface area (Å²) in [5.41, 5.74) is 0.488. The van der Waals surface area contributed by atoms with Gasteiger partial charge in [0.1, 0.15) is 12.4 Å². The van der Waals surface area contributed by atoms with Crippen molar-refractivity contribution in [2.75, 3.05) is 31.1 Å². The average molecular weight is 278 g/mol. The minimum absolute atomic E-state index is 0.0561. The summed E-state index contributed by atoms with van der Waals surface area (Å²) in [5.74, 6) is -0.345. The molecule has 2 aliphatic rings. The highest BCUT2D eigenvalue weighted by atomic mass is 19.1. The number of ether oxygens (including phenoxy) is 1. The maximum Gasteiger partial charge on any atom is 0.253 e. The van der Waals surface area contributed by atoms with E-state index in [9.17, 15) is 9.18 Å². The van der Waals surface area contributed by atoms with Crippen molar-refractivity contribution in [2.24, 2.45) is 0 Å². The highest BCUT2D eigenvalue weighted by Crippen LogP contribution is 2.31. The van der Waals surface area contributed by atoms with Crippen LogP contribution in [0.15, 0.2) is 24.3 Å². The molecular formula is C15H19FN2O2. The van der Waals surface area contributed by atoms with Crippen LogP contribution in [-0.4, -0.2) is 37.7 Å². The highest BCUT2D eigenvalue weighted by molar-refractivity contribution is 5.95. The molecule has 0 saturated carbocycles. The van der Waals surface area contributed by atoms with Crippen molar-refractivity contribution >= 4 is 11.6 Å². The van der Waals surface area contributed by atoms with Gasteiger partial charge in [0.15, 0.2) is 0 Å². The second-order valence-corrected chi connectivity index (χ2v) is 5.53. The van der Waals surface area contributed by atoms with Gasteiger partial charge in [0, 0.05) is 5.69 Å². The molecule has 108 valence electrons. The van der Waals surface area contributed by atoms with Crippen LogP contribution in [0.25, 0.3) is 0 Å². The van der Waals surface area contributed by atoms with Crippen LogP contribution in [-0.2, 0) is 9.53 Å². The Morgan fingerprint density at radius 1 is 1.20 bits per heavy atom. The van der Waals surface area contributed by atoms with Gasteiger partial charge in [0.25, 0.3) is 5.91 Å². The lowest BCUT2D eigenvalue weighted by Gasteiger charge is -2.42. The second kappa shape index (κ2) is 5.50. The molecule has 2 aliphatic heterocycles. The quantitative estimate of drug-likeness (QED) is 0.850. The number of rotatable bonds is 1. The topological polar surface area (TPSA) is 41.6 Å². The number of morpholine rings is 1. The maximum absolute atomic E-state index is 13.0. The molecule has 5 heteroatoms. The van der Waals surface area contributed by atoms with Crippen molar-refractivity contribution in [3.05, 3.63) is 30.1 Å². The van der Waals surface area contributed by atoms with Crippen molar-refractivity contribution < 1.29 is 13.9 Å². The molecule has 4 nitrogen and oxygen atoms in total. The van der Waals surface area contributed by atoms with E-state index in [1.807, 2.05) is 0 Å². The van der Waals surface area contributed by atoms with Crippen LogP contribution in [0.3, 0.4) is 0 Å². The Balaban J connectivity index is 1.82. The summed E-state index contributed by atoms with van der Waals surface area (Å²) in [7, 11) is 0. The van der Waals surface area contributed by atoms with E-state index < -0.39 is 0 Å². The minimum atomic E-state index is -0.289. The molecule has 20 heavy (non-hydrogen) atoms. The molecule has 2 saturated heterocycles. The van der Waals surface area contributed by atoms with Gasteiger partial charge in [-0.2, -0.15) is 0 Å². The van der Waals surface area contributed by atoms with Gasteiger partial charge in [-0.1, -0.05) is 0 Å². The van der Waals surface area contributed by atoms with Crippen LogP contribution in [0.4, 0.5) is 10.1 Å². The molecule has 2 heterocycles. The van der Waals surface area contributed by atoms with Gasteiger partial charge in [0.05, 0.1) is 12.1 Å². The average Bonchev–Trinajstić information content (AvgIpc) is 2.69. The largest absolute Gasteiger partial charge is 0.363 e. The Morgan fingerprint density at radius 3 is 2.80 bits per heavy atom. The number of halogens is 1. The van der Waals surface area contributed by atoms with Gasteiger partial charge in [0.2, 0.25) is 0 Å². The zero-order valence-electron chi connectivity index (χ0n) is 11.4. The van der Waals surface area contributed by atoms with E-state index in [-0.39, 0.29) is 23.9 Å². The van der Waals surface area contributed by atoms with Crippen LogP contribution in [0.5, 0.6) is 0 Å². The summed E-state index contributed by atoms with van der Waals surface area (Å²) >= 11 is 0. The van der Waals surface area contributed by atoms with Gasteiger partial charge in [-0.25, -0.2) is 4.39 Å². The van der Waals surface area contributed by atoms with Gasteiger partial charge in [-0.05, 0) is 56.6 Å². The van der Waals surface area contributed by atoms with E-state index in [4.69, 9.17) is 4.74 Å². The molecule has 1 spiro atoms. The molecule has 2 fully saturated rings. The van der Waals surface area contributed by atoms with Crippen LogP contribution in [0.1, 0.15) is 19.3 Å². The van der Waals surface area contributed by atoms with Crippen molar-refractivity contribution in [2.45, 2.75) is 24.9 Å². The third-order valence-corrected chi connectivity index (χ3v) is 4.13. The number of carbonyl (C=O) groups is 1. The lowest BCUT2D eigenvalue weighted by atomic mass is 9.92. The van der Waals surface area contributed by atoms with Gasteiger partial charge in [-0.3, -0.25) is 4.79 Å².